The van der Waals surface area contributed by atoms with Crippen molar-refractivity contribution in [3.05, 3.63) is 46.3 Å². The predicted molar refractivity (Wildman–Crippen MR) is 103 cm³/mol. The first-order valence-electron chi connectivity index (χ1n) is 8.69. The molecule has 1 aromatic carbocycles. The highest BCUT2D eigenvalue weighted by Crippen LogP contribution is 2.34. The van der Waals surface area contributed by atoms with Gasteiger partial charge in [0.1, 0.15) is 22.3 Å². The van der Waals surface area contributed by atoms with Crippen LogP contribution < -0.4 is 5.32 Å². The number of benzene rings is 1. The fourth-order valence-electron chi connectivity index (χ4n) is 3.12. The van der Waals surface area contributed by atoms with Gasteiger partial charge in [-0.2, -0.15) is 0 Å². The van der Waals surface area contributed by atoms with Gasteiger partial charge in [-0.05, 0) is 37.6 Å². The van der Waals surface area contributed by atoms with Crippen LogP contribution in [-0.4, -0.2) is 41.2 Å². The molecule has 1 saturated heterocycles. The number of hydrogen-bond acceptors (Lipinski definition) is 6. The monoisotopic (exact) mass is 372 g/mol. The molecule has 5 nitrogen and oxygen atoms in total. The van der Waals surface area contributed by atoms with Gasteiger partial charge in [-0.1, -0.05) is 6.07 Å². The molecule has 1 aliphatic rings. The zero-order valence-electron chi connectivity index (χ0n) is 14.9. The van der Waals surface area contributed by atoms with Crippen LogP contribution in [0.2, 0.25) is 0 Å². The molecule has 2 aromatic heterocycles. The lowest BCUT2D eigenvalue weighted by molar-refractivity contribution is 0.0331. The number of fused-ring (bicyclic) bond motifs is 1. The van der Waals surface area contributed by atoms with Gasteiger partial charge in [0.25, 0.3) is 0 Å². The minimum atomic E-state index is -0.271. The highest BCUT2D eigenvalue weighted by molar-refractivity contribution is 7.18. The highest BCUT2D eigenvalue weighted by Gasteiger charge is 2.18. The molecule has 0 atom stereocenters. The van der Waals surface area contributed by atoms with Crippen molar-refractivity contribution in [2.45, 2.75) is 20.4 Å². The maximum absolute atomic E-state index is 13.6. The molecule has 1 aliphatic heterocycles. The van der Waals surface area contributed by atoms with E-state index in [9.17, 15) is 4.39 Å². The van der Waals surface area contributed by atoms with Gasteiger partial charge in [-0.3, -0.25) is 4.90 Å². The third-order valence-electron chi connectivity index (χ3n) is 4.63. The van der Waals surface area contributed by atoms with Crippen molar-refractivity contribution in [3.8, 4) is 0 Å². The Bertz CT molecular complexity index is 937. The van der Waals surface area contributed by atoms with E-state index in [4.69, 9.17) is 14.7 Å². The van der Waals surface area contributed by atoms with Crippen LogP contribution in [0, 0.1) is 19.7 Å². The summed E-state index contributed by atoms with van der Waals surface area (Å²) in [7, 11) is 0. The van der Waals surface area contributed by atoms with Crippen LogP contribution >= 0.6 is 11.3 Å². The SMILES string of the molecule is Cc1sc2nc(CN3CCOCC3)nc(Nc3cccc(F)c3)c2c1C. The van der Waals surface area contributed by atoms with Gasteiger partial charge in [0.05, 0.1) is 25.1 Å². The van der Waals surface area contributed by atoms with E-state index in [1.807, 2.05) is 6.07 Å². The quantitative estimate of drug-likeness (QED) is 0.750. The Hall–Kier alpha value is -2.09. The van der Waals surface area contributed by atoms with Crippen molar-refractivity contribution in [1.29, 1.82) is 0 Å². The Kier molecular flexibility index (Phi) is 4.84. The van der Waals surface area contributed by atoms with Gasteiger partial charge in [0.15, 0.2) is 0 Å². The first-order chi connectivity index (χ1) is 12.6. The van der Waals surface area contributed by atoms with Crippen molar-refractivity contribution >= 4 is 33.1 Å². The number of thiophene rings is 1. The number of nitrogens with zero attached hydrogens (tertiary/aromatic N) is 3. The zero-order chi connectivity index (χ0) is 18.1. The standard InChI is InChI=1S/C19H21FN4OS/c1-12-13(2)26-19-17(12)18(21-15-5-3-4-14(20)10-15)22-16(23-19)11-24-6-8-25-9-7-24/h3-5,10H,6-9,11H2,1-2H3,(H,21,22,23). The Balaban J connectivity index is 1.72. The van der Waals surface area contributed by atoms with E-state index in [-0.39, 0.29) is 5.82 Å². The molecule has 0 radical (unpaired) electrons. The lowest BCUT2D eigenvalue weighted by Gasteiger charge is -2.25. The van der Waals surface area contributed by atoms with Crippen molar-refractivity contribution in [3.63, 3.8) is 0 Å². The number of halogens is 1. The van der Waals surface area contributed by atoms with E-state index >= 15 is 0 Å². The summed E-state index contributed by atoms with van der Waals surface area (Å²) in [5.74, 6) is 1.25. The average molecular weight is 372 g/mol. The van der Waals surface area contributed by atoms with Gasteiger partial charge < -0.3 is 10.1 Å². The Morgan fingerprint density at radius 1 is 1.23 bits per heavy atom. The van der Waals surface area contributed by atoms with E-state index in [0.717, 1.165) is 48.2 Å². The molecule has 1 N–H and O–H groups in total. The lowest BCUT2D eigenvalue weighted by atomic mass is 10.2. The molecule has 136 valence electrons. The van der Waals surface area contributed by atoms with E-state index in [1.54, 1.807) is 17.4 Å². The second-order valence-corrected chi connectivity index (χ2v) is 7.68. The topological polar surface area (TPSA) is 50.3 Å². The number of aryl methyl sites for hydroxylation is 2. The second-order valence-electron chi connectivity index (χ2n) is 6.48. The lowest BCUT2D eigenvalue weighted by Crippen LogP contribution is -2.36. The summed E-state index contributed by atoms with van der Waals surface area (Å²) in [6, 6.07) is 6.44. The van der Waals surface area contributed by atoms with Crippen molar-refractivity contribution in [2.75, 3.05) is 31.6 Å². The van der Waals surface area contributed by atoms with E-state index < -0.39 is 0 Å². The summed E-state index contributed by atoms with van der Waals surface area (Å²) in [5, 5.41) is 4.31. The fraction of sp³-hybridized carbons (Fsp3) is 0.368. The third-order valence-corrected chi connectivity index (χ3v) is 5.73. The number of anilines is 2. The van der Waals surface area contributed by atoms with Gasteiger partial charge in [0, 0.05) is 23.7 Å². The molecule has 3 aromatic rings. The molecule has 4 rings (SSSR count). The van der Waals surface area contributed by atoms with Crippen LogP contribution in [0.1, 0.15) is 16.3 Å². The van der Waals surface area contributed by atoms with E-state index in [1.165, 1.54) is 22.6 Å². The van der Waals surface area contributed by atoms with Crippen molar-refractivity contribution < 1.29 is 9.13 Å². The minimum absolute atomic E-state index is 0.271. The summed E-state index contributed by atoms with van der Waals surface area (Å²) >= 11 is 1.67. The summed E-state index contributed by atoms with van der Waals surface area (Å²) in [6.07, 6.45) is 0. The Labute approximate surface area is 155 Å². The van der Waals surface area contributed by atoms with Gasteiger partial charge >= 0.3 is 0 Å². The molecule has 0 spiro atoms. The third kappa shape index (κ3) is 3.56. The average Bonchev–Trinajstić information content (AvgIpc) is 2.90. The number of nitrogens with one attached hydrogen (secondary N) is 1. The maximum atomic E-state index is 13.6. The van der Waals surface area contributed by atoms with Crippen LogP contribution in [0.15, 0.2) is 24.3 Å². The first kappa shape index (κ1) is 17.3. The second kappa shape index (κ2) is 7.26. The van der Waals surface area contributed by atoms with Gasteiger partial charge in [0.2, 0.25) is 0 Å². The van der Waals surface area contributed by atoms with Crippen LogP contribution in [0.5, 0.6) is 0 Å². The van der Waals surface area contributed by atoms with Crippen LogP contribution in [0.3, 0.4) is 0 Å². The number of rotatable bonds is 4. The Morgan fingerprint density at radius 3 is 2.81 bits per heavy atom. The molecular weight excluding hydrogens is 351 g/mol. The largest absolute Gasteiger partial charge is 0.379 e. The smallest absolute Gasteiger partial charge is 0.146 e. The number of morpholine rings is 1. The summed E-state index contributed by atoms with van der Waals surface area (Å²) < 4.78 is 19.0. The fourth-order valence-corrected chi connectivity index (χ4v) is 4.17. The number of ether oxygens (including phenoxy) is 1. The molecule has 0 unspecified atom stereocenters. The number of aromatic nitrogens is 2. The molecule has 7 heteroatoms. The van der Waals surface area contributed by atoms with Crippen molar-refractivity contribution in [2.24, 2.45) is 0 Å². The van der Waals surface area contributed by atoms with Crippen LogP contribution in [0.25, 0.3) is 10.2 Å². The zero-order valence-corrected chi connectivity index (χ0v) is 15.7. The molecule has 0 bridgehead atoms. The molecule has 0 amide bonds. The predicted octanol–water partition coefficient (Wildman–Crippen LogP) is 4.02. The van der Waals surface area contributed by atoms with E-state index in [0.29, 0.717) is 12.2 Å². The molecular formula is C19H21FN4OS. The first-order valence-corrected chi connectivity index (χ1v) is 9.51. The normalized spacial score (nSPS) is 15.5. The summed E-state index contributed by atoms with van der Waals surface area (Å²) in [4.78, 5) is 14.0. The van der Waals surface area contributed by atoms with Crippen molar-refractivity contribution in [1.82, 2.24) is 14.9 Å². The minimum Gasteiger partial charge on any atom is -0.379 e. The molecule has 0 saturated carbocycles. The summed E-state index contributed by atoms with van der Waals surface area (Å²) in [6.45, 7) is 8.12. The molecule has 26 heavy (non-hydrogen) atoms. The molecule has 3 heterocycles. The van der Waals surface area contributed by atoms with E-state index in [2.05, 4.69) is 24.1 Å². The highest BCUT2D eigenvalue weighted by atomic mass is 32.1. The van der Waals surface area contributed by atoms with Gasteiger partial charge in [-0.15, -0.1) is 11.3 Å². The number of hydrogen-bond donors (Lipinski definition) is 1. The van der Waals surface area contributed by atoms with Gasteiger partial charge in [-0.25, -0.2) is 14.4 Å². The molecule has 1 fully saturated rings. The molecule has 0 aliphatic carbocycles. The van der Waals surface area contributed by atoms with Crippen LogP contribution in [-0.2, 0) is 11.3 Å². The Morgan fingerprint density at radius 2 is 2.04 bits per heavy atom. The maximum Gasteiger partial charge on any atom is 0.146 e. The van der Waals surface area contributed by atoms with Crippen LogP contribution in [0.4, 0.5) is 15.9 Å². The summed E-state index contributed by atoms with van der Waals surface area (Å²) in [5.41, 5.74) is 1.85.